The Labute approximate surface area is 128 Å². The van der Waals surface area contributed by atoms with Crippen LogP contribution in [0.15, 0.2) is 49.2 Å². The smallest absolute Gasteiger partial charge is 0.225 e. The van der Waals surface area contributed by atoms with Gasteiger partial charge in [-0.15, -0.1) is 0 Å². The molecule has 0 bridgehead atoms. The van der Waals surface area contributed by atoms with Gasteiger partial charge in [0.05, 0.1) is 5.52 Å². The van der Waals surface area contributed by atoms with Crippen LogP contribution in [0.2, 0.25) is 0 Å². The van der Waals surface area contributed by atoms with Gasteiger partial charge in [-0.25, -0.2) is 19.9 Å². The number of rotatable bonds is 2. The van der Waals surface area contributed by atoms with Gasteiger partial charge in [0.2, 0.25) is 5.95 Å². The van der Waals surface area contributed by atoms with Crippen molar-refractivity contribution in [2.24, 2.45) is 0 Å². The molecule has 1 fully saturated rings. The molecule has 0 amide bonds. The van der Waals surface area contributed by atoms with Gasteiger partial charge in [0, 0.05) is 55.8 Å². The molecular weight excluding hydrogens is 276 g/mol. The molecule has 6 nitrogen and oxygen atoms in total. The molecule has 22 heavy (non-hydrogen) atoms. The molecule has 1 aromatic carbocycles. The first-order chi connectivity index (χ1) is 10.9. The molecule has 0 unspecified atom stereocenters. The van der Waals surface area contributed by atoms with E-state index in [1.54, 1.807) is 18.7 Å². The maximum absolute atomic E-state index is 4.33. The van der Waals surface area contributed by atoms with Gasteiger partial charge < -0.3 is 9.80 Å². The number of anilines is 2. The van der Waals surface area contributed by atoms with E-state index in [9.17, 15) is 0 Å². The van der Waals surface area contributed by atoms with Gasteiger partial charge in [-0.05, 0) is 24.3 Å². The minimum absolute atomic E-state index is 0.813. The van der Waals surface area contributed by atoms with Crippen LogP contribution in [0.3, 0.4) is 0 Å². The van der Waals surface area contributed by atoms with E-state index in [-0.39, 0.29) is 0 Å². The van der Waals surface area contributed by atoms with Crippen molar-refractivity contribution in [2.45, 2.75) is 0 Å². The summed E-state index contributed by atoms with van der Waals surface area (Å²) in [6, 6.07) is 8.19. The molecule has 3 heterocycles. The van der Waals surface area contributed by atoms with Crippen molar-refractivity contribution in [2.75, 3.05) is 36.0 Å². The van der Waals surface area contributed by atoms with Crippen LogP contribution >= 0.6 is 0 Å². The number of piperazine rings is 1. The summed E-state index contributed by atoms with van der Waals surface area (Å²) in [7, 11) is 0. The SMILES string of the molecule is c1cnc(N2CCN(c3ccc4cncnc4c3)CC2)nc1. The van der Waals surface area contributed by atoms with Crippen molar-refractivity contribution in [1.82, 2.24) is 19.9 Å². The van der Waals surface area contributed by atoms with Gasteiger partial charge in [-0.2, -0.15) is 0 Å². The van der Waals surface area contributed by atoms with E-state index in [4.69, 9.17) is 0 Å². The lowest BCUT2D eigenvalue weighted by Gasteiger charge is -2.36. The van der Waals surface area contributed by atoms with Crippen LogP contribution in [0.1, 0.15) is 0 Å². The van der Waals surface area contributed by atoms with Crippen LogP contribution in [0.5, 0.6) is 0 Å². The number of benzene rings is 1. The molecule has 4 rings (SSSR count). The van der Waals surface area contributed by atoms with E-state index in [0.29, 0.717) is 0 Å². The van der Waals surface area contributed by atoms with E-state index in [1.165, 1.54) is 5.69 Å². The summed E-state index contributed by atoms with van der Waals surface area (Å²) in [6.45, 7) is 3.75. The summed E-state index contributed by atoms with van der Waals surface area (Å²) in [5.41, 5.74) is 2.20. The number of nitrogens with zero attached hydrogens (tertiary/aromatic N) is 6. The third-order valence-electron chi connectivity index (χ3n) is 3.97. The molecule has 0 atom stereocenters. The fourth-order valence-electron chi connectivity index (χ4n) is 2.78. The van der Waals surface area contributed by atoms with Gasteiger partial charge in [0.1, 0.15) is 6.33 Å². The molecule has 1 saturated heterocycles. The highest BCUT2D eigenvalue weighted by atomic mass is 15.3. The van der Waals surface area contributed by atoms with Crippen LogP contribution < -0.4 is 9.80 Å². The van der Waals surface area contributed by atoms with Crippen molar-refractivity contribution >= 4 is 22.5 Å². The summed E-state index contributed by atoms with van der Waals surface area (Å²) < 4.78 is 0. The second kappa shape index (κ2) is 5.55. The summed E-state index contributed by atoms with van der Waals surface area (Å²) in [4.78, 5) is 21.6. The average molecular weight is 292 g/mol. The van der Waals surface area contributed by atoms with Crippen molar-refractivity contribution in [3.8, 4) is 0 Å². The second-order valence-electron chi connectivity index (χ2n) is 5.29. The zero-order chi connectivity index (χ0) is 14.8. The van der Waals surface area contributed by atoms with E-state index in [1.807, 2.05) is 12.3 Å². The Morgan fingerprint density at radius 1 is 0.864 bits per heavy atom. The molecule has 0 radical (unpaired) electrons. The predicted molar refractivity (Wildman–Crippen MR) is 86.0 cm³/mol. The quantitative estimate of drug-likeness (QED) is 0.717. The van der Waals surface area contributed by atoms with Crippen molar-refractivity contribution < 1.29 is 0 Å². The monoisotopic (exact) mass is 292 g/mol. The standard InChI is InChI=1S/C16H16N6/c1-4-18-16(19-5-1)22-8-6-21(7-9-22)14-3-2-13-11-17-12-20-15(13)10-14/h1-5,10-12H,6-9H2. The molecule has 0 saturated carbocycles. The lowest BCUT2D eigenvalue weighted by molar-refractivity contribution is 0.640. The largest absolute Gasteiger partial charge is 0.368 e. The normalized spacial score (nSPS) is 15.3. The first kappa shape index (κ1) is 12.9. The van der Waals surface area contributed by atoms with Gasteiger partial charge in [0.15, 0.2) is 0 Å². The Kier molecular flexibility index (Phi) is 3.27. The summed E-state index contributed by atoms with van der Waals surface area (Å²) in [5.74, 6) is 0.813. The third kappa shape index (κ3) is 2.43. The Hall–Kier alpha value is -2.76. The Morgan fingerprint density at radius 2 is 1.64 bits per heavy atom. The molecular formula is C16H16N6. The third-order valence-corrected chi connectivity index (χ3v) is 3.97. The minimum Gasteiger partial charge on any atom is -0.368 e. The topological polar surface area (TPSA) is 58.0 Å². The zero-order valence-corrected chi connectivity index (χ0v) is 12.1. The summed E-state index contributed by atoms with van der Waals surface area (Å²) in [5, 5.41) is 1.07. The van der Waals surface area contributed by atoms with Crippen molar-refractivity contribution in [3.05, 3.63) is 49.2 Å². The molecule has 2 aromatic heterocycles. The number of hydrogen-bond acceptors (Lipinski definition) is 6. The summed E-state index contributed by atoms with van der Waals surface area (Å²) in [6.07, 6.45) is 7.02. The van der Waals surface area contributed by atoms with Crippen LogP contribution in [0, 0.1) is 0 Å². The number of aromatic nitrogens is 4. The number of fused-ring (bicyclic) bond motifs is 1. The zero-order valence-electron chi connectivity index (χ0n) is 12.1. The van der Waals surface area contributed by atoms with E-state index in [0.717, 1.165) is 43.0 Å². The van der Waals surface area contributed by atoms with E-state index < -0.39 is 0 Å². The number of hydrogen-bond donors (Lipinski definition) is 0. The van der Waals surface area contributed by atoms with Gasteiger partial charge in [-0.3, -0.25) is 0 Å². The Balaban J connectivity index is 1.50. The molecule has 0 spiro atoms. The van der Waals surface area contributed by atoms with Crippen molar-refractivity contribution in [1.29, 1.82) is 0 Å². The Bertz CT molecular complexity index is 768. The minimum atomic E-state index is 0.813. The molecule has 1 aliphatic rings. The highest BCUT2D eigenvalue weighted by Crippen LogP contribution is 2.22. The molecule has 0 aliphatic carbocycles. The second-order valence-corrected chi connectivity index (χ2v) is 5.29. The molecule has 1 aliphatic heterocycles. The highest BCUT2D eigenvalue weighted by molar-refractivity contribution is 5.81. The predicted octanol–water partition coefficient (Wildman–Crippen LogP) is 1.75. The first-order valence-electron chi connectivity index (χ1n) is 7.37. The van der Waals surface area contributed by atoms with Gasteiger partial charge in [0.25, 0.3) is 0 Å². The fourth-order valence-corrected chi connectivity index (χ4v) is 2.78. The van der Waals surface area contributed by atoms with Crippen LogP contribution in [0.25, 0.3) is 10.9 Å². The van der Waals surface area contributed by atoms with Crippen LogP contribution in [-0.4, -0.2) is 46.1 Å². The molecule has 3 aromatic rings. The lowest BCUT2D eigenvalue weighted by Crippen LogP contribution is -2.47. The van der Waals surface area contributed by atoms with Crippen LogP contribution in [0.4, 0.5) is 11.6 Å². The van der Waals surface area contributed by atoms with E-state index >= 15 is 0 Å². The lowest BCUT2D eigenvalue weighted by atomic mass is 10.2. The average Bonchev–Trinajstić information content (AvgIpc) is 2.62. The molecule has 110 valence electrons. The van der Waals surface area contributed by atoms with Gasteiger partial charge in [-0.1, -0.05) is 0 Å². The van der Waals surface area contributed by atoms with Crippen molar-refractivity contribution in [3.63, 3.8) is 0 Å². The van der Waals surface area contributed by atoms with Gasteiger partial charge >= 0.3 is 0 Å². The maximum atomic E-state index is 4.33. The first-order valence-corrected chi connectivity index (χ1v) is 7.37. The maximum Gasteiger partial charge on any atom is 0.225 e. The fraction of sp³-hybridized carbons (Fsp3) is 0.250. The van der Waals surface area contributed by atoms with E-state index in [2.05, 4.69) is 47.9 Å². The Morgan fingerprint density at radius 3 is 2.45 bits per heavy atom. The molecule has 0 N–H and O–H groups in total. The highest BCUT2D eigenvalue weighted by Gasteiger charge is 2.19. The van der Waals surface area contributed by atoms with Crippen LogP contribution in [-0.2, 0) is 0 Å². The summed E-state index contributed by atoms with van der Waals surface area (Å²) >= 11 is 0. The molecule has 6 heteroatoms.